The van der Waals surface area contributed by atoms with E-state index in [1.165, 1.54) is 23.9 Å². The second kappa shape index (κ2) is 8.84. The van der Waals surface area contributed by atoms with E-state index < -0.39 is 23.4 Å². The van der Waals surface area contributed by atoms with Gasteiger partial charge in [-0.2, -0.15) is 0 Å². The van der Waals surface area contributed by atoms with E-state index in [9.17, 15) is 29.4 Å². The smallest absolute Gasteiger partial charge is 0.289 e. The second-order valence-corrected chi connectivity index (χ2v) is 8.89. The molecule has 4 aromatic rings. The van der Waals surface area contributed by atoms with E-state index in [0.29, 0.717) is 34.2 Å². The molecule has 6 N–H and O–H groups in total. The van der Waals surface area contributed by atoms with E-state index in [-0.39, 0.29) is 33.4 Å². The van der Waals surface area contributed by atoms with Crippen molar-refractivity contribution in [1.29, 1.82) is 0 Å². The molecule has 10 nitrogen and oxygen atoms in total. The highest BCUT2D eigenvalue weighted by atomic mass is 32.2. The fourth-order valence-electron chi connectivity index (χ4n) is 4.37. The number of amides is 2. The lowest BCUT2D eigenvalue weighted by molar-refractivity contribution is -0.114. The lowest BCUT2D eigenvalue weighted by atomic mass is 10.1. The van der Waals surface area contributed by atoms with Crippen LogP contribution in [0, 0.1) is 13.8 Å². The van der Waals surface area contributed by atoms with Crippen LogP contribution >= 0.6 is 11.8 Å². The number of aromatic nitrogens is 2. The Morgan fingerprint density at radius 3 is 1.46 bits per heavy atom. The number of benzene rings is 2. The summed E-state index contributed by atoms with van der Waals surface area (Å²) in [5.41, 5.74) is 12.6. The lowest BCUT2D eigenvalue weighted by Gasteiger charge is -2.12. The molecule has 0 aliphatic rings. The zero-order valence-corrected chi connectivity index (χ0v) is 19.7. The number of carbonyl (C=O) groups excluding carboxylic acids is 4. The number of rotatable bonds is 8. The fraction of sp³-hybridized carbons (Fsp3) is 0.167. The van der Waals surface area contributed by atoms with Crippen LogP contribution in [-0.2, 0) is 21.3 Å². The van der Waals surface area contributed by atoms with E-state index >= 15 is 0 Å². The number of primary amides is 2. The van der Waals surface area contributed by atoms with Crippen LogP contribution in [0.2, 0.25) is 0 Å². The topological polar surface area (TPSA) is 171 Å². The third-order valence-electron chi connectivity index (χ3n) is 6.00. The van der Waals surface area contributed by atoms with Gasteiger partial charge >= 0.3 is 0 Å². The number of phenols is 2. The normalized spacial score (nSPS) is 11.3. The van der Waals surface area contributed by atoms with Gasteiger partial charge in [0, 0.05) is 11.4 Å². The molecule has 0 saturated heterocycles. The predicted molar refractivity (Wildman–Crippen MR) is 131 cm³/mol. The molecule has 4 rings (SSSR count). The monoisotopic (exact) mass is 494 g/mol. The highest BCUT2D eigenvalue weighted by Crippen LogP contribution is 2.36. The summed E-state index contributed by atoms with van der Waals surface area (Å²) in [6, 6.07) is 9.55. The number of hydrogen-bond donors (Lipinski definition) is 4. The fourth-order valence-corrected chi connectivity index (χ4v) is 5.48. The number of fused-ring (bicyclic) bond motifs is 2. The SMILES string of the molecule is Cc1c(C(=O)C(N)=O)c2c(O)cccc2n1CSCn1c(C)c(C(=O)C(N)=O)c2c(O)cccc21. The zero-order chi connectivity index (χ0) is 25.6. The van der Waals surface area contributed by atoms with Crippen LogP contribution in [0.15, 0.2) is 36.4 Å². The Labute approximate surface area is 203 Å². The molecule has 0 aliphatic heterocycles. The van der Waals surface area contributed by atoms with Gasteiger partial charge in [-0.05, 0) is 38.1 Å². The lowest BCUT2D eigenvalue weighted by Crippen LogP contribution is -2.23. The number of phenolic OH excluding ortho intramolecular Hbond substituents is 2. The molecule has 0 unspecified atom stereocenters. The minimum Gasteiger partial charge on any atom is -0.507 e. The summed E-state index contributed by atoms with van der Waals surface area (Å²) in [4.78, 5) is 48.2. The van der Waals surface area contributed by atoms with Crippen molar-refractivity contribution >= 4 is 56.9 Å². The molecule has 2 aromatic carbocycles. The van der Waals surface area contributed by atoms with E-state index in [4.69, 9.17) is 11.5 Å². The Morgan fingerprint density at radius 2 is 1.11 bits per heavy atom. The standard InChI is InChI=1S/C24H22N4O6S/c1-11-17(21(31)23(25)33)19-13(5-3-7-15(19)29)27(11)9-35-10-28-12(2)18(22(32)24(26)34)20-14(28)6-4-8-16(20)30/h3-8,29-30H,9-10H2,1-2H3,(H2,25,33)(H2,26,34). The minimum absolute atomic E-state index is 0.0491. The van der Waals surface area contributed by atoms with Crippen LogP contribution in [0.3, 0.4) is 0 Å². The van der Waals surface area contributed by atoms with Gasteiger partial charge < -0.3 is 30.8 Å². The molecule has 0 atom stereocenters. The van der Waals surface area contributed by atoms with Gasteiger partial charge in [0.2, 0.25) is 0 Å². The number of Topliss-reactive ketones (excluding diaryl/α,β-unsaturated/α-hetero) is 2. The Balaban J connectivity index is 1.74. The van der Waals surface area contributed by atoms with Crippen molar-refractivity contribution in [3.63, 3.8) is 0 Å². The first-order valence-electron chi connectivity index (χ1n) is 10.4. The van der Waals surface area contributed by atoms with Gasteiger partial charge in [-0.15, -0.1) is 11.8 Å². The first kappa shape index (κ1) is 23.9. The molecule has 0 bridgehead atoms. The third-order valence-corrected chi connectivity index (χ3v) is 6.88. The number of carbonyl (C=O) groups is 4. The van der Waals surface area contributed by atoms with Crippen LogP contribution in [0.25, 0.3) is 21.8 Å². The quantitative estimate of drug-likeness (QED) is 0.215. The van der Waals surface area contributed by atoms with Gasteiger partial charge in [0.25, 0.3) is 23.4 Å². The zero-order valence-electron chi connectivity index (χ0n) is 18.9. The van der Waals surface area contributed by atoms with Crippen LogP contribution in [0.5, 0.6) is 11.5 Å². The van der Waals surface area contributed by atoms with Crippen molar-refractivity contribution in [2.45, 2.75) is 25.6 Å². The Bertz CT molecular complexity index is 1450. The van der Waals surface area contributed by atoms with Crippen LogP contribution in [0.4, 0.5) is 0 Å². The van der Waals surface area contributed by atoms with Crippen molar-refractivity contribution in [3.8, 4) is 11.5 Å². The van der Waals surface area contributed by atoms with Crippen molar-refractivity contribution < 1.29 is 29.4 Å². The first-order chi connectivity index (χ1) is 16.6. The summed E-state index contributed by atoms with van der Waals surface area (Å²) in [6.45, 7) is 3.32. The van der Waals surface area contributed by atoms with E-state index in [1.807, 2.05) is 0 Å². The van der Waals surface area contributed by atoms with Crippen LogP contribution in [0.1, 0.15) is 32.1 Å². The highest BCUT2D eigenvalue weighted by Gasteiger charge is 2.27. The molecule has 2 heterocycles. The van der Waals surface area contributed by atoms with Gasteiger partial charge in [0.05, 0.1) is 44.7 Å². The molecule has 35 heavy (non-hydrogen) atoms. The van der Waals surface area contributed by atoms with Crippen LogP contribution in [-0.4, -0.2) is 42.7 Å². The molecule has 0 spiro atoms. The summed E-state index contributed by atoms with van der Waals surface area (Å²) in [7, 11) is 0. The summed E-state index contributed by atoms with van der Waals surface area (Å²) in [6.07, 6.45) is 0. The molecule has 0 aliphatic carbocycles. The van der Waals surface area contributed by atoms with Gasteiger partial charge in [-0.3, -0.25) is 19.2 Å². The average molecular weight is 495 g/mol. The van der Waals surface area contributed by atoms with Gasteiger partial charge in [-0.25, -0.2) is 0 Å². The molecule has 11 heteroatoms. The largest absolute Gasteiger partial charge is 0.507 e. The summed E-state index contributed by atoms with van der Waals surface area (Å²) >= 11 is 1.40. The highest BCUT2D eigenvalue weighted by molar-refractivity contribution is 7.97. The molecular weight excluding hydrogens is 472 g/mol. The van der Waals surface area contributed by atoms with Gasteiger partial charge in [0.1, 0.15) is 11.5 Å². The van der Waals surface area contributed by atoms with Gasteiger partial charge in [0.15, 0.2) is 0 Å². The van der Waals surface area contributed by atoms with E-state index in [2.05, 4.69) is 0 Å². The maximum Gasteiger partial charge on any atom is 0.289 e. The summed E-state index contributed by atoms with van der Waals surface area (Å²) < 4.78 is 3.56. The molecule has 180 valence electrons. The average Bonchev–Trinajstić information content (AvgIpc) is 3.25. The van der Waals surface area contributed by atoms with Crippen LogP contribution < -0.4 is 11.5 Å². The molecular formula is C24H22N4O6S. The third kappa shape index (κ3) is 3.79. The van der Waals surface area contributed by atoms with E-state index in [1.54, 1.807) is 47.2 Å². The maximum absolute atomic E-state index is 12.5. The Hall–Kier alpha value is -4.25. The van der Waals surface area contributed by atoms with Crippen molar-refractivity contribution in [1.82, 2.24) is 9.13 Å². The second-order valence-electron chi connectivity index (χ2n) is 7.97. The number of ketones is 2. The summed E-state index contributed by atoms with van der Waals surface area (Å²) in [5, 5.41) is 21.3. The summed E-state index contributed by atoms with van der Waals surface area (Å²) in [5.74, 6) is -3.69. The van der Waals surface area contributed by atoms with Crippen molar-refractivity contribution in [2.75, 3.05) is 0 Å². The number of nitrogens with two attached hydrogens (primary N) is 2. The number of aromatic hydroxyl groups is 2. The van der Waals surface area contributed by atoms with Gasteiger partial charge in [-0.1, -0.05) is 12.1 Å². The minimum atomic E-state index is -1.12. The first-order valence-corrected chi connectivity index (χ1v) is 11.6. The number of thioether (sulfide) groups is 1. The van der Waals surface area contributed by atoms with Crippen molar-refractivity contribution in [2.24, 2.45) is 11.5 Å². The Morgan fingerprint density at radius 1 is 0.743 bits per heavy atom. The molecule has 0 radical (unpaired) electrons. The number of nitrogens with zero attached hydrogens (tertiary/aromatic N) is 2. The van der Waals surface area contributed by atoms with E-state index in [0.717, 1.165) is 0 Å². The maximum atomic E-state index is 12.5. The Kier molecular flexibility index (Phi) is 6.03. The molecule has 2 aromatic heterocycles. The predicted octanol–water partition coefficient (Wildman–Crippen LogP) is 2.31. The molecule has 0 fully saturated rings. The van der Waals surface area contributed by atoms with Crippen molar-refractivity contribution in [3.05, 3.63) is 58.9 Å². The molecule has 0 saturated carbocycles. The number of hydrogen-bond acceptors (Lipinski definition) is 7. The molecule has 2 amide bonds.